The molecule has 2 amide bonds. The summed E-state index contributed by atoms with van der Waals surface area (Å²) in [5, 5.41) is 2.23. The van der Waals surface area contributed by atoms with E-state index < -0.39 is 35.2 Å². The smallest absolute Gasteiger partial charge is 0.408 e. The number of β-lactam (4-membered cyclic amide) rings is 1. The van der Waals surface area contributed by atoms with Gasteiger partial charge in [0.15, 0.2) is 6.10 Å². The number of nitrogens with one attached hydrogen (secondary N) is 1. The molecule has 1 saturated heterocycles. The molecule has 0 spiro atoms. The van der Waals surface area contributed by atoms with Crippen molar-refractivity contribution in [1.29, 1.82) is 0 Å². The number of ether oxygens (including phenoxy) is 2. The van der Waals surface area contributed by atoms with E-state index in [2.05, 4.69) is 5.32 Å². The first-order valence-electron chi connectivity index (χ1n) is 12.8. The fourth-order valence-corrected chi connectivity index (χ4v) is 5.61. The zero-order valence-corrected chi connectivity index (χ0v) is 24.0. The Bertz CT molecular complexity index is 1250. The molecular formula is C30H35N3O5S. The summed E-state index contributed by atoms with van der Waals surface area (Å²) >= 11 is 1.49. The highest BCUT2D eigenvalue weighted by molar-refractivity contribution is 8.00. The highest BCUT2D eigenvalue weighted by Crippen LogP contribution is 2.42. The number of amides is 2. The number of benzene rings is 2. The number of rotatable bonds is 7. The summed E-state index contributed by atoms with van der Waals surface area (Å²) in [5.41, 5.74) is 2.76. The van der Waals surface area contributed by atoms with Crippen molar-refractivity contribution >= 4 is 29.7 Å². The number of allylic oxidation sites excluding steroid dienone is 2. The zero-order chi connectivity index (χ0) is 28.3. The molecular weight excluding hydrogens is 514 g/mol. The van der Waals surface area contributed by atoms with E-state index in [9.17, 15) is 14.4 Å². The van der Waals surface area contributed by atoms with Crippen molar-refractivity contribution in [1.82, 2.24) is 15.1 Å². The van der Waals surface area contributed by atoms with E-state index in [0.717, 1.165) is 16.8 Å². The molecule has 2 atom stereocenters. The zero-order valence-electron chi connectivity index (χ0n) is 23.1. The maximum atomic E-state index is 13.9. The van der Waals surface area contributed by atoms with Crippen molar-refractivity contribution in [2.75, 3.05) is 19.8 Å². The number of hydrogen-bond acceptors (Lipinski definition) is 7. The van der Waals surface area contributed by atoms with Gasteiger partial charge >= 0.3 is 12.1 Å². The van der Waals surface area contributed by atoms with Crippen molar-refractivity contribution in [2.45, 2.75) is 50.8 Å². The fraction of sp³-hybridized carbons (Fsp3) is 0.367. The molecule has 206 valence electrons. The molecule has 0 aromatic heterocycles. The van der Waals surface area contributed by atoms with Gasteiger partial charge in [0.05, 0.1) is 0 Å². The Morgan fingerprint density at radius 1 is 1.05 bits per heavy atom. The van der Waals surface area contributed by atoms with Crippen LogP contribution < -0.4 is 5.32 Å². The van der Waals surface area contributed by atoms with Crippen LogP contribution in [0.4, 0.5) is 4.79 Å². The number of thioether (sulfide) groups is 1. The number of alkyl carbamates (subject to hydrolysis) is 1. The van der Waals surface area contributed by atoms with Gasteiger partial charge in [-0.15, -0.1) is 11.8 Å². The maximum absolute atomic E-state index is 13.9. The number of carbonyl (C=O) groups excluding carboxylic acids is 3. The predicted molar refractivity (Wildman–Crippen MR) is 152 cm³/mol. The molecule has 39 heavy (non-hydrogen) atoms. The van der Waals surface area contributed by atoms with E-state index in [1.165, 1.54) is 16.7 Å². The van der Waals surface area contributed by atoms with Crippen LogP contribution in [0.15, 0.2) is 83.7 Å². The number of carbonyl (C=O) groups is 3. The quantitative estimate of drug-likeness (QED) is 0.390. The molecule has 2 aliphatic rings. The van der Waals surface area contributed by atoms with Crippen LogP contribution in [0, 0.1) is 0 Å². The molecule has 8 nitrogen and oxygen atoms in total. The van der Waals surface area contributed by atoms with E-state index in [1.807, 2.05) is 92.7 Å². The molecule has 2 aliphatic heterocycles. The lowest BCUT2D eigenvalue weighted by molar-refractivity contribution is -0.153. The largest absolute Gasteiger partial charge is 0.448 e. The number of esters is 1. The van der Waals surface area contributed by atoms with Crippen LogP contribution in [0.25, 0.3) is 0 Å². The van der Waals surface area contributed by atoms with E-state index in [-0.39, 0.29) is 11.6 Å². The van der Waals surface area contributed by atoms with E-state index in [4.69, 9.17) is 9.47 Å². The Hall–Kier alpha value is -3.72. The molecule has 0 bridgehead atoms. The van der Waals surface area contributed by atoms with Gasteiger partial charge in [0.2, 0.25) is 0 Å². The molecule has 4 rings (SSSR count). The second-order valence-electron chi connectivity index (χ2n) is 10.7. The fourth-order valence-electron chi connectivity index (χ4n) is 4.31. The lowest BCUT2D eigenvalue weighted by Crippen LogP contribution is -2.70. The minimum atomic E-state index is -0.799. The lowest BCUT2D eigenvalue weighted by Gasteiger charge is -2.49. The van der Waals surface area contributed by atoms with Gasteiger partial charge in [0, 0.05) is 25.5 Å². The Morgan fingerprint density at radius 3 is 2.13 bits per heavy atom. The summed E-state index contributed by atoms with van der Waals surface area (Å²) in [6, 6.07) is 18.2. The summed E-state index contributed by atoms with van der Waals surface area (Å²) < 4.78 is 11.5. The molecule has 1 fully saturated rings. The van der Waals surface area contributed by atoms with Gasteiger partial charge < -0.3 is 19.7 Å². The molecule has 0 radical (unpaired) electrons. The maximum Gasteiger partial charge on any atom is 0.408 e. The minimum absolute atomic E-state index is 0.198. The molecule has 2 heterocycles. The van der Waals surface area contributed by atoms with Gasteiger partial charge in [-0.2, -0.15) is 0 Å². The van der Waals surface area contributed by atoms with Crippen LogP contribution in [-0.4, -0.2) is 64.6 Å². The van der Waals surface area contributed by atoms with Crippen LogP contribution >= 0.6 is 11.8 Å². The van der Waals surface area contributed by atoms with Gasteiger partial charge in [0.25, 0.3) is 5.91 Å². The number of hydrogen-bond donors (Lipinski definition) is 1. The van der Waals surface area contributed by atoms with Crippen LogP contribution in [-0.2, 0) is 19.1 Å². The van der Waals surface area contributed by atoms with Crippen LogP contribution in [0.1, 0.15) is 44.9 Å². The van der Waals surface area contributed by atoms with Crippen molar-refractivity contribution in [2.24, 2.45) is 0 Å². The van der Waals surface area contributed by atoms with Crippen molar-refractivity contribution in [3.8, 4) is 0 Å². The highest BCUT2D eigenvalue weighted by Gasteiger charge is 2.55. The summed E-state index contributed by atoms with van der Waals surface area (Å²) in [4.78, 5) is 43.1. The summed E-state index contributed by atoms with van der Waals surface area (Å²) in [6.07, 6.45) is 0.575. The van der Waals surface area contributed by atoms with Crippen LogP contribution in [0.2, 0.25) is 0 Å². The Balaban J connectivity index is 1.67. The Kier molecular flexibility index (Phi) is 8.39. The van der Waals surface area contributed by atoms with E-state index in [0.29, 0.717) is 11.3 Å². The van der Waals surface area contributed by atoms with E-state index >= 15 is 0 Å². The van der Waals surface area contributed by atoms with E-state index in [1.54, 1.807) is 20.8 Å². The summed E-state index contributed by atoms with van der Waals surface area (Å²) in [7, 11) is 3.83. The summed E-state index contributed by atoms with van der Waals surface area (Å²) in [6.45, 7) is 7.22. The second-order valence-corrected chi connectivity index (χ2v) is 11.8. The first-order valence-corrected chi connectivity index (χ1v) is 13.8. The topological polar surface area (TPSA) is 88.2 Å². The monoisotopic (exact) mass is 549 g/mol. The van der Waals surface area contributed by atoms with Gasteiger partial charge in [-0.1, -0.05) is 60.7 Å². The standard InChI is InChI=1S/C30H35N3O5S/c1-19(32(5)6)17-22-18-39-27-23(31-29(36)38-30(2,3)4)26(34)33(27)24(22)28(35)37-25(20-13-9-7-10-14-20)21-15-11-8-12-16-21/h7-17,23,25,27H,18H2,1-6H3,(H,31,36)/b19-17+. The molecule has 1 N–H and O–H groups in total. The molecule has 2 aromatic carbocycles. The lowest BCUT2D eigenvalue weighted by atomic mass is 10.0. The molecule has 2 unspecified atom stereocenters. The van der Waals surface area contributed by atoms with Crippen molar-refractivity contribution in [3.63, 3.8) is 0 Å². The SMILES string of the molecule is C/C(=C\C1=C(C(=O)OC(c2ccccc2)c2ccccc2)N2C(=O)C(NC(=O)OC(C)(C)C)C2SC1)N(C)C. The van der Waals surface area contributed by atoms with Gasteiger partial charge in [-0.05, 0) is 50.5 Å². The third-order valence-corrected chi connectivity index (χ3v) is 7.68. The average molecular weight is 550 g/mol. The molecule has 2 aromatic rings. The number of fused-ring (bicyclic) bond motifs is 1. The van der Waals surface area contributed by atoms with Crippen LogP contribution in [0.5, 0.6) is 0 Å². The highest BCUT2D eigenvalue weighted by atomic mass is 32.2. The van der Waals surface area contributed by atoms with Crippen molar-refractivity contribution in [3.05, 3.63) is 94.8 Å². The summed E-state index contributed by atoms with van der Waals surface area (Å²) in [5.74, 6) is -0.507. The normalized spacial score (nSPS) is 19.3. The minimum Gasteiger partial charge on any atom is -0.448 e. The second kappa shape index (κ2) is 11.6. The Morgan fingerprint density at radius 2 is 1.62 bits per heavy atom. The third-order valence-electron chi connectivity index (χ3n) is 6.38. The van der Waals surface area contributed by atoms with Gasteiger partial charge in [-0.25, -0.2) is 9.59 Å². The first kappa shape index (κ1) is 28.3. The van der Waals surface area contributed by atoms with Crippen molar-refractivity contribution < 1.29 is 23.9 Å². The predicted octanol–water partition coefficient (Wildman–Crippen LogP) is 4.85. The van der Waals surface area contributed by atoms with Crippen LogP contribution in [0.3, 0.4) is 0 Å². The molecule has 0 saturated carbocycles. The molecule has 0 aliphatic carbocycles. The first-order chi connectivity index (χ1) is 18.5. The van der Waals surface area contributed by atoms with Gasteiger partial charge in [-0.3, -0.25) is 9.69 Å². The third kappa shape index (κ3) is 6.47. The average Bonchev–Trinajstić information content (AvgIpc) is 2.89. The van der Waals surface area contributed by atoms with Gasteiger partial charge in [0.1, 0.15) is 22.7 Å². The molecule has 9 heteroatoms. The number of nitrogens with zero attached hydrogens (tertiary/aromatic N) is 2. The Labute approximate surface area is 234 Å².